The first kappa shape index (κ1) is 23.4. The summed E-state index contributed by atoms with van der Waals surface area (Å²) in [5.74, 6) is 0.545. The average molecular weight is 393 g/mol. The lowest BCUT2D eigenvalue weighted by Crippen LogP contribution is -2.36. The van der Waals surface area contributed by atoms with Crippen LogP contribution in [0.15, 0.2) is 4.76 Å². The van der Waals surface area contributed by atoms with E-state index in [9.17, 15) is 4.57 Å². The lowest BCUT2D eigenvalue weighted by atomic mass is 10.2. The molecule has 1 aliphatic rings. The van der Waals surface area contributed by atoms with Crippen molar-refractivity contribution in [3.63, 3.8) is 0 Å². The van der Waals surface area contributed by atoms with Crippen LogP contribution < -0.4 is 0 Å². The zero-order valence-electron chi connectivity index (χ0n) is 17.1. The molecule has 0 unspecified atom stereocenters. The van der Waals surface area contributed by atoms with Gasteiger partial charge in [0.25, 0.3) is 0 Å². The van der Waals surface area contributed by atoms with Crippen molar-refractivity contribution < 1.29 is 23.8 Å². The van der Waals surface area contributed by atoms with E-state index < -0.39 is 18.9 Å². The van der Waals surface area contributed by atoms with Crippen LogP contribution in [0.4, 0.5) is 0 Å². The van der Waals surface area contributed by atoms with E-state index in [0.717, 1.165) is 13.1 Å². The van der Waals surface area contributed by atoms with E-state index in [1.165, 1.54) is 0 Å². The summed E-state index contributed by atoms with van der Waals surface area (Å²) in [5, 5.41) is 18.3. The molecule has 0 aromatic heterocycles. The van der Waals surface area contributed by atoms with Gasteiger partial charge in [0.1, 0.15) is 0 Å². The quantitative estimate of drug-likeness (QED) is 0.581. The topological polar surface area (TPSA) is 94.8 Å². The smallest absolute Gasteiger partial charge is 0.396 e. The molecule has 154 valence electrons. The number of guanidine groups is 1. The van der Waals surface area contributed by atoms with Crippen LogP contribution in [0, 0.1) is 0 Å². The second-order valence-electron chi connectivity index (χ2n) is 8.40. The van der Waals surface area contributed by atoms with Gasteiger partial charge in [-0.05, 0) is 54.4 Å². The van der Waals surface area contributed by atoms with Crippen molar-refractivity contribution in [3.05, 3.63) is 0 Å². The maximum atomic E-state index is 13.5. The number of nitrogens with zero attached hydrogens (tertiary/aromatic N) is 3. The molecule has 1 saturated heterocycles. The van der Waals surface area contributed by atoms with E-state index in [2.05, 4.69) is 4.76 Å². The molecule has 9 heteroatoms. The van der Waals surface area contributed by atoms with Gasteiger partial charge >= 0.3 is 7.75 Å². The van der Waals surface area contributed by atoms with Crippen LogP contribution in [0.25, 0.3) is 0 Å². The maximum absolute atomic E-state index is 13.5. The Labute approximate surface area is 157 Å². The minimum absolute atomic E-state index is 0.0784. The van der Waals surface area contributed by atoms with Gasteiger partial charge in [0, 0.05) is 39.4 Å². The third kappa shape index (κ3) is 8.35. The summed E-state index contributed by atoms with van der Waals surface area (Å²) in [4.78, 5) is 3.97. The Morgan fingerprint density at radius 2 is 1.31 bits per heavy atom. The Morgan fingerprint density at radius 3 is 1.62 bits per heavy atom. The molecule has 1 rings (SSSR count). The second-order valence-corrected chi connectivity index (χ2v) is 9.91. The third-order valence-electron chi connectivity index (χ3n) is 3.37. The number of hydrogen-bond donors (Lipinski definition) is 2. The van der Waals surface area contributed by atoms with Gasteiger partial charge in [0.2, 0.25) is 5.96 Å². The molecular formula is C17H36N3O5P. The molecular weight excluding hydrogens is 357 g/mol. The average Bonchev–Trinajstić information content (AvgIpc) is 2.80. The van der Waals surface area contributed by atoms with E-state index >= 15 is 0 Å². The fourth-order valence-electron chi connectivity index (χ4n) is 2.58. The van der Waals surface area contributed by atoms with Crippen LogP contribution in [0.2, 0.25) is 0 Å². The summed E-state index contributed by atoms with van der Waals surface area (Å²) in [6.07, 6.45) is 1.19. The van der Waals surface area contributed by atoms with Crippen LogP contribution in [0.3, 0.4) is 0 Å². The van der Waals surface area contributed by atoms with E-state index in [1.807, 2.05) is 51.3 Å². The van der Waals surface area contributed by atoms with E-state index in [1.54, 1.807) is 0 Å². The number of aliphatic hydroxyl groups is 2. The zero-order valence-corrected chi connectivity index (χ0v) is 18.0. The third-order valence-corrected chi connectivity index (χ3v) is 5.35. The van der Waals surface area contributed by atoms with E-state index in [4.69, 9.17) is 19.3 Å². The zero-order chi connectivity index (χ0) is 20.0. The molecule has 1 heterocycles. The van der Waals surface area contributed by atoms with Gasteiger partial charge in [-0.2, -0.15) is 0 Å². The highest BCUT2D eigenvalue weighted by Crippen LogP contribution is 2.56. The Kier molecular flexibility index (Phi) is 8.55. The Balaban J connectivity index is 3.20. The van der Waals surface area contributed by atoms with Crippen molar-refractivity contribution in [2.24, 2.45) is 4.76 Å². The maximum Gasteiger partial charge on any atom is 0.458 e. The normalized spacial score (nSPS) is 16.5. The van der Waals surface area contributed by atoms with Crippen LogP contribution in [0.1, 0.15) is 54.4 Å². The molecule has 0 aromatic rings. The first-order valence-corrected chi connectivity index (χ1v) is 10.7. The van der Waals surface area contributed by atoms with Gasteiger partial charge in [-0.15, -0.1) is 4.76 Å². The minimum Gasteiger partial charge on any atom is -0.396 e. The first-order chi connectivity index (χ1) is 11.9. The molecule has 8 nitrogen and oxygen atoms in total. The molecule has 0 aliphatic carbocycles. The first-order valence-electron chi connectivity index (χ1n) is 9.22. The highest BCUT2D eigenvalue weighted by molar-refractivity contribution is 7.52. The molecule has 26 heavy (non-hydrogen) atoms. The van der Waals surface area contributed by atoms with Gasteiger partial charge in [-0.25, -0.2) is 4.57 Å². The number of rotatable bonds is 9. The molecule has 0 bridgehead atoms. The molecule has 0 amide bonds. The molecule has 0 saturated carbocycles. The predicted octanol–water partition coefficient (Wildman–Crippen LogP) is 2.46. The van der Waals surface area contributed by atoms with E-state index in [-0.39, 0.29) is 13.2 Å². The fourth-order valence-corrected chi connectivity index (χ4v) is 4.55. The van der Waals surface area contributed by atoms with Crippen molar-refractivity contribution >= 4 is 13.7 Å². The Bertz CT molecular complexity index is 476. The van der Waals surface area contributed by atoms with Crippen LogP contribution >= 0.6 is 7.75 Å². The molecule has 0 aromatic carbocycles. The number of aliphatic hydroxyl groups excluding tert-OH is 2. The van der Waals surface area contributed by atoms with Gasteiger partial charge in [-0.1, -0.05) is 0 Å². The largest absolute Gasteiger partial charge is 0.458 e. The van der Waals surface area contributed by atoms with Gasteiger partial charge in [0.05, 0.1) is 11.2 Å². The monoisotopic (exact) mass is 393 g/mol. The molecule has 1 fully saturated rings. The summed E-state index contributed by atoms with van der Waals surface area (Å²) in [6.45, 7) is 13.7. The van der Waals surface area contributed by atoms with Crippen LogP contribution in [-0.2, 0) is 13.6 Å². The fraction of sp³-hybridized carbons (Fsp3) is 0.941. The van der Waals surface area contributed by atoms with Crippen molar-refractivity contribution in [1.29, 1.82) is 0 Å². The van der Waals surface area contributed by atoms with E-state index in [0.29, 0.717) is 31.9 Å². The minimum atomic E-state index is -3.77. The van der Waals surface area contributed by atoms with Gasteiger partial charge in [0.15, 0.2) is 0 Å². The highest BCUT2D eigenvalue weighted by Gasteiger charge is 2.38. The second kappa shape index (κ2) is 9.51. The lowest BCUT2D eigenvalue weighted by Gasteiger charge is -2.31. The summed E-state index contributed by atoms with van der Waals surface area (Å²) in [7, 11) is -3.77. The molecule has 0 atom stereocenters. The standard InChI is InChI=1S/C17H36N3O5P/c1-16(2,3)24-26(23,25-17(4,5)6)18-15-19(9-7-13-21)11-12-20(15)10-8-14-22/h21-22H,7-14H2,1-6H3. The van der Waals surface area contributed by atoms with Gasteiger partial charge < -0.3 is 20.0 Å². The summed E-state index contributed by atoms with van der Waals surface area (Å²) in [6, 6.07) is 0. The van der Waals surface area contributed by atoms with Gasteiger partial charge in [-0.3, -0.25) is 9.05 Å². The molecule has 1 aliphatic heterocycles. The lowest BCUT2D eigenvalue weighted by molar-refractivity contribution is 0.0493. The number of hydrogen-bond acceptors (Lipinski definition) is 5. The Hall–Kier alpha value is -0.660. The molecule has 0 spiro atoms. The van der Waals surface area contributed by atoms with Crippen molar-refractivity contribution in [1.82, 2.24) is 9.80 Å². The van der Waals surface area contributed by atoms with Crippen molar-refractivity contribution in [2.45, 2.75) is 65.6 Å². The Morgan fingerprint density at radius 1 is 0.923 bits per heavy atom. The predicted molar refractivity (Wildman–Crippen MR) is 103 cm³/mol. The molecule has 2 N–H and O–H groups in total. The summed E-state index contributed by atoms with van der Waals surface area (Å²) >= 11 is 0. The van der Waals surface area contributed by atoms with Crippen molar-refractivity contribution in [3.8, 4) is 0 Å². The van der Waals surface area contributed by atoms with Crippen LogP contribution in [0.5, 0.6) is 0 Å². The van der Waals surface area contributed by atoms with Crippen molar-refractivity contribution in [2.75, 3.05) is 39.4 Å². The molecule has 0 radical (unpaired) electrons. The SMILES string of the molecule is CC(C)(C)OP(=O)(N=C1N(CCCO)CCN1CCCO)OC(C)(C)C. The summed E-state index contributed by atoms with van der Waals surface area (Å²) in [5.41, 5.74) is -1.37. The highest BCUT2D eigenvalue weighted by atomic mass is 31.2. The summed E-state index contributed by atoms with van der Waals surface area (Å²) < 4.78 is 29.4. The van der Waals surface area contributed by atoms with Crippen LogP contribution in [-0.4, -0.2) is 76.6 Å².